The number of rotatable bonds is 9. The van der Waals surface area contributed by atoms with Gasteiger partial charge in [-0.05, 0) is 62.9 Å². The average molecular weight is 495 g/mol. The van der Waals surface area contributed by atoms with Crippen molar-refractivity contribution in [3.63, 3.8) is 0 Å². The number of hydrogen-bond donors (Lipinski definition) is 1. The second-order valence-corrected chi connectivity index (χ2v) is 9.93. The molecule has 0 radical (unpaired) electrons. The fraction of sp³-hybridized carbons (Fsp3) is 0.464. The molecule has 1 aliphatic carbocycles. The number of carbonyl (C=O) groups excluding carboxylic acids is 1. The minimum atomic E-state index is -0.604. The average Bonchev–Trinajstić information content (AvgIpc) is 3.33. The van der Waals surface area contributed by atoms with Gasteiger partial charge in [-0.15, -0.1) is 0 Å². The van der Waals surface area contributed by atoms with E-state index in [9.17, 15) is 13.6 Å². The summed E-state index contributed by atoms with van der Waals surface area (Å²) in [6.45, 7) is 2.67. The van der Waals surface area contributed by atoms with Crippen molar-refractivity contribution in [1.29, 1.82) is 0 Å². The van der Waals surface area contributed by atoms with E-state index in [0.29, 0.717) is 11.7 Å². The Morgan fingerprint density at radius 3 is 2.42 bits per heavy atom. The van der Waals surface area contributed by atoms with Crippen LogP contribution in [-0.4, -0.2) is 40.6 Å². The van der Waals surface area contributed by atoms with Gasteiger partial charge in [0.15, 0.2) is 5.82 Å². The Morgan fingerprint density at radius 2 is 1.75 bits per heavy atom. The molecule has 2 fully saturated rings. The molecular weight excluding hydrogens is 462 g/mol. The molecular formula is C28H32F2N4O2. The van der Waals surface area contributed by atoms with Gasteiger partial charge in [0.1, 0.15) is 11.6 Å². The molecule has 3 aromatic rings. The standard InChI is InChI=1S/C28H32F2N4O2/c29-23-10-5-11-24(30)22(23)18-26-32-28(36-33-26)21-12-15-34(16-13-21)17-14-25(19-6-2-1-3-7-19)31-27(35)20-8-4-9-20/h1-3,5-7,10-11,20-21,25H,4,8-9,12-18H2,(H,31,35)/t25-/m0/s1. The maximum absolute atomic E-state index is 14.0. The van der Waals surface area contributed by atoms with Crippen LogP contribution in [-0.2, 0) is 11.2 Å². The Kier molecular flexibility index (Phi) is 7.70. The Morgan fingerprint density at radius 1 is 1.03 bits per heavy atom. The number of piperidine rings is 1. The first-order chi connectivity index (χ1) is 17.6. The lowest BCUT2D eigenvalue weighted by molar-refractivity contribution is -0.128. The maximum Gasteiger partial charge on any atom is 0.229 e. The molecule has 0 bridgehead atoms. The first-order valence-electron chi connectivity index (χ1n) is 12.9. The third-order valence-electron chi connectivity index (χ3n) is 7.55. The third kappa shape index (κ3) is 5.81. The number of amides is 1. The zero-order valence-electron chi connectivity index (χ0n) is 20.3. The SMILES string of the molecule is O=C(N[C@@H](CCN1CCC(c2nc(Cc3c(F)cccc3F)no2)CC1)c1ccccc1)C1CCC1. The summed E-state index contributed by atoms with van der Waals surface area (Å²) in [5, 5.41) is 7.25. The Bertz CT molecular complexity index is 1140. The van der Waals surface area contributed by atoms with Crippen LogP contribution < -0.4 is 5.32 Å². The van der Waals surface area contributed by atoms with E-state index in [2.05, 4.69) is 32.5 Å². The summed E-state index contributed by atoms with van der Waals surface area (Å²) in [5.74, 6) is 0.106. The van der Waals surface area contributed by atoms with Crippen LogP contribution in [0.2, 0.25) is 0 Å². The van der Waals surface area contributed by atoms with Crippen molar-refractivity contribution in [3.05, 3.63) is 83.0 Å². The largest absolute Gasteiger partial charge is 0.349 e. The Labute approximate surface area is 210 Å². The molecule has 190 valence electrons. The fourth-order valence-corrected chi connectivity index (χ4v) is 5.05. The predicted octanol–water partition coefficient (Wildman–Crippen LogP) is 5.17. The maximum atomic E-state index is 14.0. The summed E-state index contributed by atoms with van der Waals surface area (Å²) in [6.07, 6.45) is 5.70. The van der Waals surface area contributed by atoms with Crippen molar-refractivity contribution in [2.45, 2.75) is 56.9 Å². The second-order valence-electron chi connectivity index (χ2n) is 9.93. The summed E-state index contributed by atoms with van der Waals surface area (Å²) in [5.41, 5.74) is 1.10. The van der Waals surface area contributed by atoms with Gasteiger partial charge in [-0.1, -0.05) is 48.0 Å². The van der Waals surface area contributed by atoms with Crippen LogP contribution in [0.15, 0.2) is 53.1 Å². The van der Waals surface area contributed by atoms with Crippen LogP contribution in [0.3, 0.4) is 0 Å². The van der Waals surface area contributed by atoms with Crippen molar-refractivity contribution in [3.8, 4) is 0 Å². The molecule has 6 nitrogen and oxygen atoms in total. The van der Waals surface area contributed by atoms with Gasteiger partial charge in [0.2, 0.25) is 11.8 Å². The first-order valence-corrected chi connectivity index (χ1v) is 12.9. The van der Waals surface area contributed by atoms with Crippen LogP contribution in [0.1, 0.15) is 73.3 Å². The van der Waals surface area contributed by atoms with E-state index in [-0.39, 0.29) is 35.8 Å². The molecule has 0 unspecified atom stereocenters. The van der Waals surface area contributed by atoms with Gasteiger partial charge in [-0.3, -0.25) is 4.79 Å². The van der Waals surface area contributed by atoms with E-state index in [1.165, 1.54) is 18.2 Å². The van der Waals surface area contributed by atoms with E-state index >= 15 is 0 Å². The fourth-order valence-electron chi connectivity index (χ4n) is 5.05. The topological polar surface area (TPSA) is 71.3 Å². The van der Waals surface area contributed by atoms with E-state index < -0.39 is 11.6 Å². The zero-order chi connectivity index (χ0) is 24.9. The Hall–Kier alpha value is -3.13. The van der Waals surface area contributed by atoms with Gasteiger partial charge in [0, 0.05) is 30.4 Å². The number of nitrogens with zero attached hydrogens (tertiary/aromatic N) is 3. The quantitative estimate of drug-likeness (QED) is 0.445. The lowest BCUT2D eigenvalue weighted by Crippen LogP contribution is -2.39. The van der Waals surface area contributed by atoms with Crippen LogP contribution in [0.25, 0.3) is 0 Å². The summed E-state index contributed by atoms with van der Waals surface area (Å²) < 4.78 is 33.4. The normalized spacial score (nSPS) is 18.1. The molecule has 1 atom stereocenters. The minimum absolute atomic E-state index is 0.00861. The molecule has 5 rings (SSSR count). The molecule has 1 N–H and O–H groups in total. The molecule has 1 aliphatic heterocycles. The molecule has 1 saturated heterocycles. The molecule has 2 heterocycles. The molecule has 2 aliphatic rings. The highest BCUT2D eigenvalue weighted by molar-refractivity contribution is 5.79. The van der Waals surface area contributed by atoms with Gasteiger partial charge < -0.3 is 14.7 Å². The van der Waals surface area contributed by atoms with Crippen LogP contribution in [0.4, 0.5) is 8.78 Å². The van der Waals surface area contributed by atoms with E-state index in [1.807, 2.05) is 18.2 Å². The highest BCUT2D eigenvalue weighted by Crippen LogP contribution is 2.30. The van der Waals surface area contributed by atoms with Crippen LogP contribution >= 0.6 is 0 Å². The lowest BCUT2D eigenvalue weighted by Gasteiger charge is -2.32. The lowest BCUT2D eigenvalue weighted by atomic mass is 9.84. The molecule has 1 aromatic heterocycles. The van der Waals surface area contributed by atoms with Crippen molar-refractivity contribution in [2.24, 2.45) is 5.92 Å². The van der Waals surface area contributed by atoms with Crippen molar-refractivity contribution >= 4 is 5.91 Å². The molecule has 8 heteroatoms. The number of carbonyl (C=O) groups is 1. The molecule has 36 heavy (non-hydrogen) atoms. The van der Waals surface area contributed by atoms with E-state index in [0.717, 1.165) is 63.7 Å². The number of halogens is 2. The zero-order valence-corrected chi connectivity index (χ0v) is 20.3. The minimum Gasteiger partial charge on any atom is -0.349 e. The highest BCUT2D eigenvalue weighted by atomic mass is 19.1. The molecule has 1 amide bonds. The van der Waals surface area contributed by atoms with Crippen molar-refractivity contribution in [2.75, 3.05) is 19.6 Å². The van der Waals surface area contributed by atoms with Gasteiger partial charge in [-0.2, -0.15) is 4.98 Å². The number of benzene rings is 2. The van der Waals surface area contributed by atoms with Gasteiger partial charge in [0.05, 0.1) is 6.04 Å². The Balaban J connectivity index is 1.13. The van der Waals surface area contributed by atoms with Gasteiger partial charge >= 0.3 is 0 Å². The molecule has 1 saturated carbocycles. The van der Waals surface area contributed by atoms with E-state index in [4.69, 9.17) is 4.52 Å². The third-order valence-corrected chi connectivity index (χ3v) is 7.55. The summed E-state index contributed by atoms with van der Waals surface area (Å²) in [6, 6.07) is 14.0. The number of nitrogens with one attached hydrogen (secondary N) is 1. The van der Waals surface area contributed by atoms with E-state index in [1.54, 1.807) is 0 Å². The van der Waals surface area contributed by atoms with Crippen molar-refractivity contribution in [1.82, 2.24) is 20.4 Å². The first kappa shape index (κ1) is 24.6. The summed E-state index contributed by atoms with van der Waals surface area (Å²) in [7, 11) is 0. The van der Waals surface area contributed by atoms with Gasteiger partial charge in [0.25, 0.3) is 0 Å². The molecule has 2 aromatic carbocycles. The predicted molar refractivity (Wildman–Crippen MR) is 131 cm³/mol. The smallest absolute Gasteiger partial charge is 0.229 e. The number of likely N-dealkylation sites (tertiary alicyclic amines) is 1. The second kappa shape index (κ2) is 11.3. The van der Waals surface area contributed by atoms with Crippen molar-refractivity contribution < 1.29 is 18.1 Å². The highest BCUT2D eigenvalue weighted by Gasteiger charge is 2.29. The monoisotopic (exact) mass is 494 g/mol. The van der Waals surface area contributed by atoms with Gasteiger partial charge in [-0.25, -0.2) is 8.78 Å². The van der Waals surface area contributed by atoms with Crippen LogP contribution in [0.5, 0.6) is 0 Å². The summed E-state index contributed by atoms with van der Waals surface area (Å²) >= 11 is 0. The van der Waals surface area contributed by atoms with Crippen LogP contribution in [0, 0.1) is 17.6 Å². The molecule has 0 spiro atoms. The summed E-state index contributed by atoms with van der Waals surface area (Å²) in [4.78, 5) is 19.5. The number of hydrogen-bond acceptors (Lipinski definition) is 5. The number of aromatic nitrogens is 2.